The minimum absolute atomic E-state index is 0.0184. The normalized spacial score (nSPS) is 20.0. The number of rotatable bonds is 1. The van der Waals surface area contributed by atoms with Crippen molar-refractivity contribution in [1.82, 2.24) is 10.2 Å². The zero-order valence-corrected chi connectivity index (χ0v) is 11.4. The molecule has 1 atom stereocenters. The summed E-state index contributed by atoms with van der Waals surface area (Å²) in [5.41, 5.74) is -0.218. The molecule has 0 saturated carbocycles. The molecule has 1 aromatic carbocycles. The molecule has 1 aromatic rings. The van der Waals surface area contributed by atoms with Gasteiger partial charge in [0.2, 0.25) is 0 Å². The van der Waals surface area contributed by atoms with Crippen LogP contribution in [-0.4, -0.2) is 36.5 Å². The zero-order chi connectivity index (χ0) is 13.3. The minimum Gasteiger partial charge on any atom is -0.333 e. The van der Waals surface area contributed by atoms with Crippen molar-refractivity contribution < 1.29 is 13.6 Å². The van der Waals surface area contributed by atoms with Gasteiger partial charge in [0, 0.05) is 25.7 Å². The molecular formula is C12H13BrF2N2O. The Kier molecular flexibility index (Phi) is 3.97. The zero-order valence-electron chi connectivity index (χ0n) is 9.84. The average Bonchev–Trinajstić information content (AvgIpc) is 2.36. The number of piperazine rings is 1. The van der Waals surface area contributed by atoms with Gasteiger partial charge < -0.3 is 10.2 Å². The van der Waals surface area contributed by atoms with Gasteiger partial charge in [-0.1, -0.05) is 0 Å². The Morgan fingerprint density at radius 2 is 2.17 bits per heavy atom. The van der Waals surface area contributed by atoms with Gasteiger partial charge in [-0.25, -0.2) is 8.78 Å². The Hall–Kier alpha value is -1.01. The molecule has 0 bridgehead atoms. The molecule has 0 spiro atoms. The van der Waals surface area contributed by atoms with Gasteiger partial charge in [-0.05, 0) is 35.0 Å². The van der Waals surface area contributed by atoms with Crippen molar-refractivity contribution in [2.45, 2.75) is 13.0 Å². The van der Waals surface area contributed by atoms with Crippen LogP contribution in [-0.2, 0) is 0 Å². The van der Waals surface area contributed by atoms with Crippen molar-refractivity contribution >= 4 is 21.8 Å². The van der Waals surface area contributed by atoms with E-state index in [0.29, 0.717) is 19.6 Å². The number of carbonyl (C=O) groups excluding carboxylic acids is 1. The number of carbonyl (C=O) groups is 1. The molecule has 1 heterocycles. The number of hydrogen-bond acceptors (Lipinski definition) is 2. The van der Waals surface area contributed by atoms with E-state index in [9.17, 15) is 13.6 Å². The van der Waals surface area contributed by atoms with Crippen LogP contribution in [0.15, 0.2) is 16.6 Å². The molecule has 98 valence electrons. The van der Waals surface area contributed by atoms with Gasteiger partial charge in [-0.2, -0.15) is 0 Å². The van der Waals surface area contributed by atoms with E-state index >= 15 is 0 Å². The highest BCUT2D eigenvalue weighted by atomic mass is 79.9. The van der Waals surface area contributed by atoms with E-state index in [2.05, 4.69) is 21.2 Å². The molecule has 1 fully saturated rings. The standard InChI is InChI=1S/C12H13BrF2N2O/c1-7-6-16-4-5-17(7)12(18)8-2-3-9(13)11(15)10(8)14/h2-3,7,16H,4-6H2,1H3/t7-/m0/s1. The molecule has 1 aliphatic rings. The lowest BCUT2D eigenvalue weighted by Gasteiger charge is -2.34. The van der Waals surface area contributed by atoms with Crippen LogP contribution in [0.2, 0.25) is 0 Å². The molecule has 18 heavy (non-hydrogen) atoms. The van der Waals surface area contributed by atoms with Gasteiger partial charge in [0.05, 0.1) is 10.0 Å². The molecule has 1 aliphatic heterocycles. The van der Waals surface area contributed by atoms with Crippen LogP contribution in [0, 0.1) is 11.6 Å². The molecule has 0 unspecified atom stereocenters. The van der Waals surface area contributed by atoms with Crippen LogP contribution in [0.5, 0.6) is 0 Å². The Balaban J connectivity index is 2.31. The highest BCUT2D eigenvalue weighted by Gasteiger charge is 2.27. The van der Waals surface area contributed by atoms with Crippen LogP contribution in [0.3, 0.4) is 0 Å². The van der Waals surface area contributed by atoms with Crippen LogP contribution in [0.25, 0.3) is 0 Å². The summed E-state index contributed by atoms with van der Waals surface area (Å²) in [4.78, 5) is 13.7. The lowest BCUT2D eigenvalue weighted by Crippen LogP contribution is -2.52. The fraction of sp³-hybridized carbons (Fsp3) is 0.417. The molecular weight excluding hydrogens is 306 g/mol. The second kappa shape index (κ2) is 5.32. The summed E-state index contributed by atoms with van der Waals surface area (Å²) in [6.45, 7) is 3.69. The van der Waals surface area contributed by atoms with Crippen molar-refractivity contribution in [1.29, 1.82) is 0 Å². The van der Waals surface area contributed by atoms with E-state index in [-0.39, 0.29) is 16.1 Å². The van der Waals surface area contributed by atoms with Crippen molar-refractivity contribution in [2.75, 3.05) is 19.6 Å². The monoisotopic (exact) mass is 318 g/mol. The Bertz CT molecular complexity index is 481. The highest BCUT2D eigenvalue weighted by molar-refractivity contribution is 9.10. The maximum Gasteiger partial charge on any atom is 0.257 e. The van der Waals surface area contributed by atoms with Gasteiger partial charge in [0.1, 0.15) is 0 Å². The van der Waals surface area contributed by atoms with Gasteiger partial charge in [-0.3, -0.25) is 4.79 Å². The first-order chi connectivity index (χ1) is 8.52. The molecule has 0 radical (unpaired) electrons. The van der Waals surface area contributed by atoms with E-state index in [1.807, 2.05) is 6.92 Å². The lowest BCUT2D eigenvalue weighted by molar-refractivity contribution is 0.0650. The maximum absolute atomic E-state index is 13.7. The summed E-state index contributed by atoms with van der Waals surface area (Å²) >= 11 is 2.89. The molecule has 6 heteroatoms. The van der Waals surface area contributed by atoms with Gasteiger partial charge >= 0.3 is 0 Å². The molecule has 2 rings (SSSR count). The number of nitrogens with zero attached hydrogens (tertiary/aromatic N) is 1. The Labute approximate surface area is 112 Å². The predicted octanol–water partition coefficient (Wildman–Crippen LogP) is 2.16. The molecule has 0 aromatic heterocycles. The summed E-state index contributed by atoms with van der Waals surface area (Å²) in [6.07, 6.45) is 0. The van der Waals surface area contributed by atoms with E-state index in [1.165, 1.54) is 12.1 Å². The van der Waals surface area contributed by atoms with Crippen molar-refractivity contribution in [2.24, 2.45) is 0 Å². The summed E-state index contributed by atoms with van der Waals surface area (Å²) in [7, 11) is 0. The van der Waals surface area contributed by atoms with E-state index < -0.39 is 17.5 Å². The van der Waals surface area contributed by atoms with E-state index in [1.54, 1.807) is 4.90 Å². The molecule has 1 amide bonds. The second-order valence-electron chi connectivity index (χ2n) is 4.27. The van der Waals surface area contributed by atoms with Gasteiger partial charge in [0.25, 0.3) is 5.91 Å². The van der Waals surface area contributed by atoms with Crippen LogP contribution in [0.4, 0.5) is 8.78 Å². The van der Waals surface area contributed by atoms with Crippen LogP contribution >= 0.6 is 15.9 Å². The Morgan fingerprint density at radius 3 is 2.83 bits per heavy atom. The van der Waals surface area contributed by atoms with E-state index in [0.717, 1.165) is 0 Å². The quantitative estimate of drug-likeness (QED) is 0.805. The number of amides is 1. The van der Waals surface area contributed by atoms with Gasteiger partial charge in [0.15, 0.2) is 11.6 Å². The van der Waals surface area contributed by atoms with Gasteiger partial charge in [-0.15, -0.1) is 0 Å². The van der Waals surface area contributed by atoms with Crippen LogP contribution < -0.4 is 5.32 Å². The largest absolute Gasteiger partial charge is 0.333 e. The number of nitrogens with one attached hydrogen (secondary N) is 1. The first-order valence-electron chi connectivity index (χ1n) is 5.67. The molecule has 0 aliphatic carbocycles. The summed E-state index contributed by atoms with van der Waals surface area (Å²) < 4.78 is 27.2. The summed E-state index contributed by atoms with van der Waals surface area (Å²) in [5.74, 6) is -2.59. The van der Waals surface area contributed by atoms with Crippen molar-refractivity contribution in [3.05, 3.63) is 33.8 Å². The highest BCUT2D eigenvalue weighted by Crippen LogP contribution is 2.22. The molecule has 3 nitrogen and oxygen atoms in total. The average molecular weight is 319 g/mol. The number of halogens is 3. The maximum atomic E-state index is 13.7. The molecule has 1 saturated heterocycles. The van der Waals surface area contributed by atoms with Crippen molar-refractivity contribution in [3.8, 4) is 0 Å². The summed E-state index contributed by atoms with van der Waals surface area (Å²) in [6, 6.07) is 2.62. The first-order valence-corrected chi connectivity index (χ1v) is 6.47. The fourth-order valence-electron chi connectivity index (χ4n) is 1.99. The van der Waals surface area contributed by atoms with Crippen LogP contribution in [0.1, 0.15) is 17.3 Å². The lowest BCUT2D eigenvalue weighted by atomic mass is 10.1. The SMILES string of the molecule is C[C@H]1CNCCN1C(=O)c1ccc(Br)c(F)c1F. The fourth-order valence-corrected chi connectivity index (χ4v) is 2.29. The predicted molar refractivity (Wildman–Crippen MR) is 67.4 cm³/mol. The third-order valence-electron chi connectivity index (χ3n) is 3.03. The second-order valence-corrected chi connectivity index (χ2v) is 5.13. The topological polar surface area (TPSA) is 32.3 Å². The third kappa shape index (κ3) is 2.40. The number of benzene rings is 1. The smallest absolute Gasteiger partial charge is 0.257 e. The summed E-state index contributed by atoms with van der Waals surface area (Å²) in [5, 5.41) is 3.14. The van der Waals surface area contributed by atoms with E-state index in [4.69, 9.17) is 0 Å². The number of hydrogen-bond donors (Lipinski definition) is 1. The molecule has 1 N–H and O–H groups in total. The minimum atomic E-state index is -1.10. The Morgan fingerprint density at radius 1 is 1.44 bits per heavy atom. The van der Waals surface area contributed by atoms with Crippen molar-refractivity contribution in [3.63, 3.8) is 0 Å². The first kappa shape index (κ1) is 13.4. The third-order valence-corrected chi connectivity index (χ3v) is 3.64.